The topological polar surface area (TPSA) is 76.3 Å². The summed E-state index contributed by atoms with van der Waals surface area (Å²) in [5, 5.41) is 0. The van der Waals surface area contributed by atoms with Crippen molar-refractivity contribution < 1.29 is 9.59 Å². The maximum absolute atomic E-state index is 12.1. The van der Waals surface area contributed by atoms with Gasteiger partial charge in [0.2, 0.25) is 0 Å². The van der Waals surface area contributed by atoms with Crippen molar-refractivity contribution in [2.45, 2.75) is 17.9 Å². The van der Waals surface area contributed by atoms with Crippen LogP contribution in [0.5, 0.6) is 0 Å². The van der Waals surface area contributed by atoms with Crippen LogP contribution in [0, 0.1) is 0 Å². The smallest absolute Gasteiger partial charge is 0.311 e. The molecular weight excluding hydrogens is 310 g/mol. The molecule has 23 heavy (non-hydrogen) atoms. The summed E-state index contributed by atoms with van der Waals surface area (Å²) in [6.07, 6.45) is 4.26. The highest BCUT2D eigenvalue weighted by Crippen LogP contribution is 2.21. The Morgan fingerprint density at radius 2 is 1.91 bits per heavy atom. The predicted octanol–water partition coefficient (Wildman–Crippen LogP) is 1.86. The van der Waals surface area contributed by atoms with Crippen LogP contribution < -0.4 is 5.73 Å². The number of hydrogen-bond acceptors (Lipinski definition) is 4. The lowest BCUT2D eigenvalue weighted by atomic mass is 10.2. The fourth-order valence-corrected chi connectivity index (χ4v) is 2.85. The molecule has 0 radical (unpaired) electrons. The summed E-state index contributed by atoms with van der Waals surface area (Å²) in [6, 6.07) is 13.4. The first kappa shape index (κ1) is 17.0. The fraction of sp³-hybridized carbons (Fsp3) is 0.235. The van der Waals surface area contributed by atoms with Crippen LogP contribution in [0.1, 0.15) is 11.3 Å². The molecule has 2 N–H and O–H groups in total. The van der Waals surface area contributed by atoms with Crippen LogP contribution in [0.25, 0.3) is 0 Å². The van der Waals surface area contributed by atoms with Gasteiger partial charge in [0.25, 0.3) is 0 Å². The maximum Gasteiger partial charge on any atom is 0.311 e. The molecule has 0 bridgehead atoms. The third kappa shape index (κ3) is 4.82. The van der Waals surface area contributed by atoms with Crippen molar-refractivity contribution in [2.24, 2.45) is 5.73 Å². The second-order valence-corrected chi connectivity index (χ2v) is 5.82. The van der Waals surface area contributed by atoms with Crippen LogP contribution >= 0.6 is 11.8 Å². The van der Waals surface area contributed by atoms with Crippen LogP contribution in [-0.4, -0.2) is 34.5 Å². The lowest BCUT2D eigenvalue weighted by Crippen LogP contribution is -2.41. The normalized spacial score (nSPS) is 10.3. The van der Waals surface area contributed by atoms with E-state index in [0.717, 1.165) is 16.2 Å². The van der Waals surface area contributed by atoms with E-state index < -0.39 is 11.8 Å². The second kappa shape index (κ2) is 8.33. The zero-order chi connectivity index (χ0) is 16.7. The quantitative estimate of drug-likeness (QED) is 0.648. The molecule has 0 saturated carbocycles. The van der Waals surface area contributed by atoms with Crippen LogP contribution in [0.4, 0.5) is 0 Å². The van der Waals surface area contributed by atoms with E-state index in [2.05, 4.69) is 4.98 Å². The van der Waals surface area contributed by atoms with Gasteiger partial charge in [-0.1, -0.05) is 24.3 Å². The van der Waals surface area contributed by atoms with Crippen LogP contribution in [0.2, 0.25) is 0 Å². The first-order valence-corrected chi connectivity index (χ1v) is 8.45. The van der Waals surface area contributed by atoms with Crippen molar-refractivity contribution in [3.63, 3.8) is 0 Å². The molecular formula is C17H19N3O2S. The number of carbonyl (C=O) groups is 2. The van der Waals surface area contributed by atoms with Gasteiger partial charge in [0.05, 0.1) is 0 Å². The standard InChI is InChI=1S/C17H19N3O2S/c1-23-15-8-3-2-6-13(15)12-20(17(22)16(18)21)11-9-14-7-4-5-10-19-14/h2-8,10H,9,11-12H2,1H3,(H2,18,21). The molecule has 2 rings (SSSR count). The molecule has 0 aliphatic carbocycles. The Hall–Kier alpha value is -2.34. The molecule has 120 valence electrons. The molecule has 0 spiro atoms. The number of thioether (sulfide) groups is 1. The lowest BCUT2D eigenvalue weighted by molar-refractivity contribution is -0.144. The summed E-state index contributed by atoms with van der Waals surface area (Å²) < 4.78 is 0. The minimum atomic E-state index is -0.937. The van der Waals surface area contributed by atoms with Crippen molar-refractivity contribution in [2.75, 3.05) is 12.8 Å². The van der Waals surface area contributed by atoms with E-state index in [1.807, 2.05) is 48.7 Å². The molecule has 0 unspecified atom stereocenters. The Morgan fingerprint density at radius 3 is 2.57 bits per heavy atom. The van der Waals surface area contributed by atoms with E-state index in [-0.39, 0.29) is 0 Å². The Morgan fingerprint density at radius 1 is 1.17 bits per heavy atom. The molecule has 2 amide bonds. The monoisotopic (exact) mass is 329 g/mol. The van der Waals surface area contributed by atoms with E-state index in [0.29, 0.717) is 19.5 Å². The number of nitrogens with zero attached hydrogens (tertiary/aromatic N) is 2. The number of benzene rings is 1. The molecule has 5 nitrogen and oxygen atoms in total. The van der Waals surface area contributed by atoms with Gasteiger partial charge in [-0.15, -0.1) is 11.8 Å². The van der Waals surface area contributed by atoms with Crippen molar-refractivity contribution in [3.05, 3.63) is 59.9 Å². The molecule has 6 heteroatoms. The Labute approximate surface area is 139 Å². The number of nitrogens with two attached hydrogens (primary N) is 1. The Balaban J connectivity index is 2.14. The summed E-state index contributed by atoms with van der Waals surface area (Å²) >= 11 is 1.61. The zero-order valence-electron chi connectivity index (χ0n) is 12.9. The minimum Gasteiger partial charge on any atom is -0.361 e. The Kier molecular flexibility index (Phi) is 6.17. The largest absolute Gasteiger partial charge is 0.361 e. The van der Waals surface area contributed by atoms with Crippen molar-refractivity contribution in [1.29, 1.82) is 0 Å². The van der Waals surface area contributed by atoms with Gasteiger partial charge in [-0.25, -0.2) is 0 Å². The molecule has 2 aromatic rings. The number of hydrogen-bond donors (Lipinski definition) is 1. The van der Waals surface area contributed by atoms with Crippen molar-refractivity contribution in [3.8, 4) is 0 Å². The van der Waals surface area contributed by atoms with Crippen LogP contribution in [0.15, 0.2) is 53.6 Å². The van der Waals surface area contributed by atoms with Crippen molar-refractivity contribution >= 4 is 23.6 Å². The van der Waals surface area contributed by atoms with Gasteiger partial charge < -0.3 is 10.6 Å². The number of rotatable bonds is 6. The summed E-state index contributed by atoms with van der Waals surface area (Å²) in [5.41, 5.74) is 7.04. The van der Waals surface area contributed by atoms with Crippen LogP contribution in [0.3, 0.4) is 0 Å². The summed E-state index contributed by atoms with van der Waals surface area (Å²) in [4.78, 5) is 30.2. The fourth-order valence-electron chi connectivity index (χ4n) is 2.24. The van der Waals surface area contributed by atoms with Crippen molar-refractivity contribution in [1.82, 2.24) is 9.88 Å². The lowest BCUT2D eigenvalue weighted by Gasteiger charge is -2.22. The molecule has 1 aromatic carbocycles. The van der Waals surface area contributed by atoms with E-state index >= 15 is 0 Å². The average Bonchev–Trinajstić information content (AvgIpc) is 2.59. The van der Waals surface area contributed by atoms with Gasteiger partial charge in [0, 0.05) is 36.3 Å². The SMILES string of the molecule is CSc1ccccc1CN(CCc1ccccn1)C(=O)C(N)=O. The van der Waals surface area contributed by atoms with E-state index in [1.165, 1.54) is 4.90 Å². The predicted molar refractivity (Wildman–Crippen MR) is 90.8 cm³/mol. The second-order valence-electron chi connectivity index (χ2n) is 4.97. The number of pyridine rings is 1. The number of primary amides is 1. The molecule has 0 fully saturated rings. The van der Waals surface area contributed by atoms with Gasteiger partial charge in [0.1, 0.15) is 0 Å². The zero-order valence-corrected chi connectivity index (χ0v) is 13.8. The first-order valence-electron chi connectivity index (χ1n) is 7.22. The van der Waals surface area contributed by atoms with Gasteiger partial charge in [-0.3, -0.25) is 14.6 Å². The average molecular weight is 329 g/mol. The van der Waals surface area contributed by atoms with E-state index in [9.17, 15) is 9.59 Å². The molecule has 0 atom stereocenters. The van der Waals surface area contributed by atoms with Crippen LogP contribution in [-0.2, 0) is 22.6 Å². The highest BCUT2D eigenvalue weighted by Gasteiger charge is 2.20. The maximum atomic E-state index is 12.1. The summed E-state index contributed by atoms with van der Waals surface area (Å²) in [5.74, 6) is -1.61. The molecule has 1 heterocycles. The highest BCUT2D eigenvalue weighted by atomic mass is 32.2. The molecule has 0 aliphatic rings. The highest BCUT2D eigenvalue weighted by molar-refractivity contribution is 7.98. The minimum absolute atomic E-state index is 0.353. The summed E-state index contributed by atoms with van der Waals surface area (Å²) in [6.45, 7) is 0.743. The van der Waals surface area contributed by atoms with Gasteiger partial charge in [0.15, 0.2) is 0 Å². The first-order chi connectivity index (χ1) is 11.1. The third-order valence-electron chi connectivity index (χ3n) is 3.42. The third-order valence-corrected chi connectivity index (χ3v) is 4.25. The summed E-state index contributed by atoms with van der Waals surface area (Å²) in [7, 11) is 0. The van der Waals surface area contributed by atoms with E-state index in [1.54, 1.807) is 18.0 Å². The number of carbonyl (C=O) groups excluding carboxylic acids is 2. The van der Waals surface area contributed by atoms with Gasteiger partial charge in [-0.2, -0.15) is 0 Å². The molecule has 0 saturated heterocycles. The van der Waals surface area contributed by atoms with Gasteiger partial charge >= 0.3 is 11.8 Å². The molecule has 1 aromatic heterocycles. The van der Waals surface area contributed by atoms with E-state index in [4.69, 9.17) is 5.73 Å². The number of aromatic nitrogens is 1. The Bertz CT molecular complexity index is 677. The van der Waals surface area contributed by atoms with Gasteiger partial charge in [-0.05, 0) is 30.0 Å². The molecule has 0 aliphatic heterocycles. The number of amides is 2.